The van der Waals surface area contributed by atoms with Crippen molar-refractivity contribution < 1.29 is 14.7 Å². The van der Waals surface area contributed by atoms with Crippen molar-refractivity contribution in [1.82, 2.24) is 9.88 Å². The van der Waals surface area contributed by atoms with E-state index in [0.29, 0.717) is 18.5 Å². The summed E-state index contributed by atoms with van der Waals surface area (Å²) in [5, 5.41) is 12.0. The molecule has 0 bridgehead atoms. The second-order valence-corrected chi connectivity index (χ2v) is 6.27. The third-order valence-electron chi connectivity index (χ3n) is 3.91. The highest BCUT2D eigenvalue weighted by Gasteiger charge is 2.44. The van der Waals surface area contributed by atoms with Crippen LogP contribution in [0.15, 0.2) is 16.7 Å². The predicted molar refractivity (Wildman–Crippen MR) is 78.7 cm³/mol. The zero-order valence-electron chi connectivity index (χ0n) is 11.5. The third kappa shape index (κ3) is 2.90. The first-order valence-corrected chi connectivity index (χ1v) is 7.65. The summed E-state index contributed by atoms with van der Waals surface area (Å²) in [4.78, 5) is 23.5. The standard InChI is InChI=1S/C14H19BrN2O3/c1-2-6-17-8-10(15)7-11(17)12(18)16-9-14(13(19)20)4-3-5-14/h7-8H,2-6,9H2,1H3,(H,16,18)(H,19,20). The summed E-state index contributed by atoms with van der Waals surface area (Å²) in [5.41, 5.74) is -0.187. The van der Waals surface area contributed by atoms with Crippen LogP contribution in [-0.4, -0.2) is 28.1 Å². The summed E-state index contributed by atoms with van der Waals surface area (Å²) >= 11 is 3.37. The Bertz CT molecular complexity index is 520. The third-order valence-corrected chi connectivity index (χ3v) is 4.35. The highest BCUT2D eigenvalue weighted by atomic mass is 79.9. The van der Waals surface area contributed by atoms with Gasteiger partial charge in [-0.2, -0.15) is 0 Å². The first-order chi connectivity index (χ1) is 9.48. The number of nitrogens with zero attached hydrogens (tertiary/aromatic N) is 1. The van der Waals surface area contributed by atoms with Gasteiger partial charge in [0.2, 0.25) is 0 Å². The van der Waals surface area contributed by atoms with E-state index in [-0.39, 0.29) is 12.5 Å². The normalized spacial score (nSPS) is 16.5. The van der Waals surface area contributed by atoms with Crippen LogP contribution in [0.3, 0.4) is 0 Å². The van der Waals surface area contributed by atoms with Crippen LogP contribution in [0.25, 0.3) is 0 Å². The van der Waals surface area contributed by atoms with Crippen molar-refractivity contribution in [3.8, 4) is 0 Å². The van der Waals surface area contributed by atoms with Gasteiger partial charge >= 0.3 is 5.97 Å². The largest absolute Gasteiger partial charge is 0.481 e. The number of carboxylic acid groups (broad SMARTS) is 1. The second kappa shape index (κ2) is 5.99. The van der Waals surface area contributed by atoms with Crippen LogP contribution in [0.4, 0.5) is 0 Å². The molecular formula is C14H19BrN2O3. The fourth-order valence-electron chi connectivity index (χ4n) is 2.50. The van der Waals surface area contributed by atoms with E-state index >= 15 is 0 Å². The van der Waals surface area contributed by atoms with E-state index in [0.717, 1.165) is 23.9 Å². The molecule has 0 aromatic carbocycles. The van der Waals surface area contributed by atoms with Gasteiger partial charge < -0.3 is 15.0 Å². The number of aryl methyl sites for hydroxylation is 1. The maximum absolute atomic E-state index is 12.2. The molecule has 2 rings (SSSR count). The van der Waals surface area contributed by atoms with E-state index in [1.54, 1.807) is 6.07 Å². The lowest BCUT2D eigenvalue weighted by Crippen LogP contribution is -2.47. The topological polar surface area (TPSA) is 71.3 Å². The molecule has 20 heavy (non-hydrogen) atoms. The van der Waals surface area contributed by atoms with Crippen LogP contribution >= 0.6 is 15.9 Å². The van der Waals surface area contributed by atoms with Gasteiger partial charge in [-0.15, -0.1) is 0 Å². The van der Waals surface area contributed by atoms with Crippen LogP contribution in [0, 0.1) is 5.41 Å². The van der Waals surface area contributed by atoms with E-state index in [1.807, 2.05) is 17.7 Å². The van der Waals surface area contributed by atoms with Gasteiger partial charge in [0.25, 0.3) is 5.91 Å². The maximum atomic E-state index is 12.2. The summed E-state index contributed by atoms with van der Waals surface area (Å²) in [6.07, 6.45) is 5.00. The Labute approximate surface area is 126 Å². The number of hydrogen-bond acceptors (Lipinski definition) is 2. The van der Waals surface area contributed by atoms with Crippen molar-refractivity contribution in [3.63, 3.8) is 0 Å². The van der Waals surface area contributed by atoms with Crippen LogP contribution in [0.5, 0.6) is 0 Å². The van der Waals surface area contributed by atoms with Crippen LogP contribution in [0.1, 0.15) is 43.1 Å². The molecule has 1 aromatic rings. The maximum Gasteiger partial charge on any atom is 0.311 e. The predicted octanol–water partition coefficient (Wildman–Crippen LogP) is 2.65. The van der Waals surface area contributed by atoms with Crippen LogP contribution in [-0.2, 0) is 11.3 Å². The monoisotopic (exact) mass is 342 g/mol. The summed E-state index contributed by atoms with van der Waals surface area (Å²) < 4.78 is 2.74. The zero-order valence-corrected chi connectivity index (χ0v) is 13.1. The molecule has 1 amide bonds. The number of carboxylic acids is 1. The highest BCUT2D eigenvalue weighted by Crippen LogP contribution is 2.40. The molecule has 0 atom stereocenters. The first-order valence-electron chi connectivity index (χ1n) is 6.86. The SMILES string of the molecule is CCCn1cc(Br)cc1C(=O)NCC1(C(=O)O)CCC1. The Hall–Kier alpha value is -1.30. The zero-order chi connectivity index (χ0) is 14.8. The molecule has 0 radical (unpaired) electrons. The highest BCUT2D eigenvalue weighted by molar-refractivity contribution is 9.10. The fraction of sp³-hybridized carbons (Fsp3) is 0.571. The van der Waals surface area contributed by atoms with Gasteiger partial charge in [0.05, 0.1) is 5.41 Å². The van der Waals surface area contributed by atoms with Crippen LogP contribution < -0.4 is 5.32 Å². The minimum atomic E-state index is -0.811. The molecule has 1 aliphatic carbocycles. The lowest BCUT2D eigenvalue weighted by molar-refractivity contribution is -0.153. The van der Waals surface area contributed by atoms with E-state index < -0.39 is 11.4 Å². The number of halogens is 1. The van der Waals surface area contributed by atoms with Crippen LogP contribution in [0.2, 0.25) is 0 Å². The lowest BCUT2D eigenvalue weighted by atomic mass is 9.69. The number of hydrogen-bond donors (Lipinski definition) is 2. The van der Waals surface area contributed by atoms with Gasteiger partial charge in [-0.25, -0.2) is 0 Å². The fourth-order valence-corrected chi connectivity index (χ4v) is 2.96. The number of rotatable bonds is 6. The van der Waals surface area contributed by atoms with Crippen molar-refractivity contribution >= 4 is 27.8 Å². The number of carbonyl (C=O) groups is 2. The first kappa shape index (κ1) is 15.1. The summed E-state index contributed by atoms with van der Waals surface area (Å²) in [6.45, 7) is 3.01. The average Bonchev–Trinajstić information content (AvgIpc) is 2.69. The molecule has 1 heterocycles. The molecule has 2 N–H and O–H groups in total. The van der Waals surface area contributed by atoms with Gasteiger partial charge in [0.15, 0.2) is 0 Å². The van der Waals surface area contributed by atoms with Crippen molar-refractivity contribution in [3.05, 3.63) is 22.4 Å². The second-order valence-electron chi connectivity index (χ2n) is 5.36. The Balaban J connectivity index is 2.03. The molecular weight excluding hydrogens is 324 g/mol. The number of amides is 1. The molecule has 1 saturated carbocycles. The lowest BCUT2D eigenvalue weighted by Gasteiger charge is -2.37. The molecule has 1 fully saturated rings. The Kier molecular flexibility index (Phi) is 4.52. The Morgan fingerprint density at radius 3 is 2.70 bits per heavy atom. The Morgan fingerprint density at radius 1 is 1.50 bits per heavy atom. The smallest absolute Gasteiger partial charge is 0.311 e. The molecule has 6 heteroatoms. The summed E-state index contributed by atoms with van der Waals surface area (Å²) in [6, 6.07) is 1.76. The van der Waals surface area contributed by atoms with Crippen molar-refractivity contribution in [2.45, 2.75) is 39.2 Å². The number of nitrogens with one attached hydrogen (secondary N) is 1. The van der Waals surface area contributed by atoms with Crippen molar-refractivity contribution in [2.75, 3.05) is 6.54 Å². The van der Waals surface area contributed by atoms with Gasteiger partial charge in [-0.3, -0.25) is 9.59 Å². The molecule has 0 saturated heterocycles. The van der Waals surface area contributed by atoms with Crippen molar-refractivity contribution in [2.24, 2.45) is 5.41 Å². The number of carbonyl (C=O) groups excluding carboxylic acids is 1. The van der Waals surface area contributed by atoms with Gasteiger partial charge in [0.1, 0.15) is 5.69 Å². The van der Waals surface area contributed by atoms with E-state index in [9.17, 15) is 14.7 Å². The van der Waals surface area contributed by atoms with E-state index in [1.165, 1.54) is 0 Å². The molecule has 5 nitrogen and oxygen atoms in total. The average molecular weight is 343 g/mol. The van der Waals surface area contributed by atoms with E-state index in [4.69, 9.17) is 0 Å². The van der Waals surface area contributed by atoms with Gasteiger partial charge in [0, 0.05) is 23.8 Å². The molecule has 0 unspecified atom stereocenters. The Morgan fingerprint density at radius 2 is 2.20 bits per heavy atom. The summed E-state index contributed by atoms with van der Waals surface area (Å²) in [7, 11) is 0. The number of aliphatic carboxylic acids is 1. The minimum Gasteiger partial charge on any atom is -0.481 e. The molecule has 110 valence electrons. The summed E-state index contributed by atoms with van der Waals surface area (Å²) in [5.74, 6) is -1.02. The quantitative estimate of drug-likeness (QED) is 0.834. The van der Waals surface area contributed by atoms with E-state index in [2.05, 4.69) is 21.2 Å². The molecule has 1 aromatic heterocycles. The van der Waals surface area contributed by atoms with Gasteiger partial charge in [-0.1, -0.05) is 13.3 Å². The number of aromatic nitrogens is 1. The van der Waals surface area contributed by atoms with Gasteiger partial charge in [-0.05, 0) is 41.3 Å². The molecule has 0 aliphatic heterocycles. The molecule has 1 aliphatic rings. The molecule has 0 spiro atoms. The minimum absolute atomic E-state index is 0.204. The van der Waals surface area contributed by atoms with Crippen molar-refractivity contribution in [1.29, 1.82) is 0 Å².